The third kappa shape index (κ3) is 11.2. The van der Waals surface area contributed by atoms with E-state index in [4.69, 9.17) is 47.4 Å². The van der Waals surface area contributed by atoms with E-state index in [0.717, 1.165) is 0 Å². The Labute approximate surface area is 195 Å². The molecule has 0 radical (unpaired) electrons. The van der Waals surface area contributed by atoms with Gasteiger partial charge in [0.1, 0.15) is 26.4 Å². The first-order valence-corrected chi connectivity index (χ1v) is 10.8. The monoisotopic (exact) mass is 494 g/mol. The maximum Gasteiger partial charge on any atom is 0.347 e. The molecule has 2 heterocycles. The molecule has 0 aliphatic carbocycles. The summed E-state index contributed by atoms with van der Waals surface area (Å²) in [6.45, 7) is -0.214. The van der Waals surface area contributed by atoms with Gasteiger partial charge in [-0.25, -0.2) is 19.2 Å². The molecule has 0 aromatic carbocycles. The SMILES string of the molecule is O=C1OCCOCCOCCOC(=O)C2OCCOC1C(=O)OCCOCCOCCOC2=O. The van der Waals surface area contributed by atoms with E-state index in [0.29, 0.717) is 0 Å². The number of carbonyl (C=O) groups is 4. The average molecular weight is 494 g/mol. The number of hydrogen-bond acceptors (Lipinski definition) is 14. The Bertz CT molecular complexity index is 537. The van der Waals surface area contributed by atoms with Crippen molar-refractivity contribution in [2.45, 2.75) is 12.2 Å². The lowest BCUT2D eigenvalue weighted by Crippen LogP contribution is -2.40. The summed E-state index contributed by atoms with van der Waals surface area (Å²) in [4.78, 5) is 49.3. The van der Waals surface area contributed by atoms with Crippen molar-refractivity contribution >= 4 is 23.9 Å². The molecule has 0 aromatic heterocycles. The molecule has 0 unspecified atom stereocenters. The molecule has 0 N–H and O–H groups in total. The molecular formula is C20H30O14. The molecule has 0 amide bonds. The van der Waals surface area contributed by atoms with Crippen LogP contribution in [0.5, 0.6) is 0 Å². The Morgan fingerprint density at radius 1 is 0.353 bits per heavy atom. The van der Waals surface area contributed by atoms with E-state index >= 15 is 0 Å². The van der Waals surface area contributed by atoms with Crippen LogP contribution in [0.4, 0.5) is 0 Å². The zero-order valence-corrected chi connectivity index (χ0v) is 18.8. The highest BCUT2D eigenvalue weighted by molar-refractivity contribution is 5.98. The van der Waals surface area contributed by atoms with Crippen molar-refractivity contribution < 1.29 is 66.5 Å². The van der Waals surface area contributed by atoms with Crippen LogP contribution < -0.4 is 0 Å². The number of rotatable bonds is 0. The fraction of sp³-hybridized carbons (Fsp3) is 0.800. The van der Waals surface area contributed by atoms with Gasteiger partial charge in [-0.2, -0.15) is 0 Å². The normalized spacial score (nSPS) is 26.8. The summed E-state index contributed by atoms with van der Waals surface area (Å²) in [5.74, 6) is -3.98. The van der Waals surface area contributed by atoms with Crippen LogP contribution in [0.1, 0.15) is 0 Å². The summed E-state index contributed by atoms with van der Waals surface area (Å²) in [7, 11) is 0. The number of ether oxygens (including phenoxy) is 10. The Morgan fingerprint density at radius 2 is 0.588 bits per heavy atom. The summed E-state index contributed by atoms with van der Waals surface area (Å²) in [5, 5.41) is 0. The molecule has 2 aliphatic rings. The van der Waals surface area contributed by atoms with Crippen molar-refractivity contribution in [3.8, 4) is 0 Å². The van der Waals surface area contributed by atoms with Crippen molar-refractivity contribution in [2.75, 3.05) is 92.5 Å². The molecule has 14 nitrogen and oxygen atoms in total. The Hall–Kier alpha value is -2.36. The molecule has 0 saturated carbocycles. The van der Waals surface area contributed by atoms with Gasteiger partial charge in [0.15, 0.2) is 0 Å². The van der Waals surface area contributed by atoms with Gasteiger partial charge in [-0.3, -0.25) is 0 Å². The minimum Gasteiger partial charge on any atom is -0.461 e. The van der Waals surface area contributed by atoms with Gasteiger partial charge < -0.3 is 47.4 Å². The van der Waals surface area contributed by atoms with Crippen LogP contribution in [0, 0.1) is 0 Å². The number of fused-ring (bicyclic) bond motifs is 5. The molecule has 194 valence electrons. The van der Waals surface area contributed by atoms with Crippen LogP contribution in [-0.4, -0.2) is 129 Å². The standard InChI is InChI=1S/C20H30O14/c21-17-15-19(23)33-11-7-27-3-4-28-8-12-34-20(24)16(30-14-13-29-15)18(22)32-10-6-26-2-1-25-5-9-31-17/h15-16H,1-14H2. The van der Waals surface area contributed by atoms with Crippen molar-refractivity contribution in [3.05, 3.63) is 0 Å². The van der Waals surface area contributed by atoms with Crippen LogP contribution in [0.3, 0.4) is 0 Å². The van der Waals surface area contributed by atoms with Crippen molar-refractivity contribution in [3.63, 3.8) is 0 Å². The zero-order chi connectivity index (χ0) is 24.4. The third-order valence-corrected chi connectivity index (χ3v) is 4.14. The lowest BCUT2D eigenvalue weighted by molar-refractivity contribution is -0.183. The fourth-order valence-corrected chi connectivity index (χ4v) is 2.55. The Kier molecular flexibility index (Phi) is 14.0. The lowest BCUT2D eigenvalue weighted by atomic mass is 10.3. The Balaban J connectivity index is 2.09. The number of hydrogen-bond donors (Lipinski definition) is 0. The highest BCUT2D eigenvalue weighted by Gasteiger charge is 2.33. The van der Waals surface area contributed by atoms with Gasteiger partial charge in [0.05, 0.1) is 66.1 Å². The minimum atomic E-state index is -1.72. The molecule has 34 heavy (non-hydrogen) atoms. The van der Waals surface area contributed by atoms with E-state index in [1.807, 2.05) is 0 Å². The van der Waals surface area contributed by atoms with E-state index in [2.05, 4.69) is 0 Å². The highest BCUT2D eigenvalue weighted by Crippen LogP contribution is 2.05. The molecule has 2 saturated heterocycles. The molecule has 2 bridgehead atoms. The average Bonchev–Trinajstić information content (AvgIpc) is 2.82. The van der Waals surface area contributed by atoms with Crippen molar-refractivity contribution in [2.24, 2.45) is 0 Å². The second-order valence-electron chi connectivity index (χ2n) is 6.62. The van der Waals surface area contributed by atoms with Gasteiger partial charge in [-0.15, -0.1) is 0 Å². The van der Waals surface area contributed by atoms with Crippen LogP contribution in [0.15, 0.2) is 0 Å². The van der Waals surface area contributed by atoms with E-state index in [9.17, 15) is 19.2 Å². The summed E-state index contributed by atoms with van der Waals surface area (Å²) in [6.07, 6.45) is -3.43. The minimum absolute atomic E-state index is 0.0642. The topological polar surface area (TPSA) is 161 Å². The molecule has 2 rings (SSSR count). The molecule has 0 atom stereocenters. The maximum atomic E-state index is 12.3. The van der Waals surface area contributed by atoms with Gasteiger partial charge in [-0.05, 0) is 0 Å². The summed E-state index contributed by atoms with van der Waals surface area (Å²) in [6, 6.07) is 0. The largest absolute Gasteiger partial charge is 0.461 e. The van der Waals surface area contributed by atoms with Crippen LogP contribution in [0.2, 0.25) is 0 Å². The van der Waals surface area contributed by atoms with E-state index in [-0.39, 0.29) is 92.5 Å². The summed E-state index contributed by atoms with van der Waals surface area (Å²) in [5.41, 5.74) is 0. The molecule has 2 fully saturated rings. The molecule has 14 heteroatoms. The number of cyclic esters (lactones) is 4. The quantitative estimate of drug-likeness (QED) is 0.207. The van der Waals surface area contributed by atoms with Crippen LogP contribution in [-0.2, 0) is 66.5 Å². The first kappa shape index (κ1) is 27.9. The Morgan fingerprint density at radius 3 is 0.853 bits per heavy atom. The second-order valence-corrected chi connectivity index (χ2v) is 6.62. The van der Waals surface area contributed by atoms with Crippen molar-refractivity contribution in [1.82, 2.24) is 0 Å². The van der Waals surface area contributed by atoms with Crippen LogP contribution >= 0.6 is 0 Å². The van der Waals surface area contributed by atoms with Gasteiger partial charge >= 0.3 is 23.9 Å². The van der Waals surface area contributed by atoms with Crippen LogP contribution in [0.25, 0.3) is 0 Å². The molecule has 0 spiro atoms. The van der Waals surface area contributed by atoms with E-state index in [1.165, 1.54) is 0 Å². The van der Waals surface area contributed by atoms with E-state index in [1.54, 1.807) is 0 Å². The van der Waals surface area contributed by atoms with Gasteiger partial charge in [-0.1, -0.05) is 0 Å². The molecule has 2 aliphatic heterocycles. The zero-order valence-electron chi connectivity index (χ0n) is 18.8. The number of esters is 4. The summed E-state index contributed by atoms with van der Waals surface area (Å²) < 4.78 is 51.6. The lowest BCUT2D eigenvalue weighted by Gasteiger charge is -2.19. The second kappa shape index (κ2) is 17.1. The van der Waals surface area contributed by atoms with Crippen molar-refractivity contribution in [1.29, 1.82) is 0 Å². The smallest absolute Gasteiger partial charge is 0.347 e. The number of carbonyl (C=O) groups excluding carboxylic acids is 4. The highest BCUT2D eigenvalue weighted by atomic mass is 16.6. The predicted molar refractivity (Wildman–Crippen MR) is 107 cm³/mol. The fourth-order valence-electron chi connectivity index (χ4n) is 2.55. The molecular weight excluding hydrogens is 464 g/mol. The van der Waals surface area contributed by atoms with Gasteiger partial charge in [0, 0.05) is 0 Å². The first-order valence-electron chi connectivity index (χ1n) is 10.8. The predicted octanol–water partition coefficient (Wildman–Crippen LogP) is -1.98. The molecule has 0 aromatic rings. The third-order valence-electron chi connectivity index (χ3n) is 4.14. The van der Waals surface area contributed by atoms with Gasteiger partial charge in [0.2, 0.25) is 0 Å². The first-order chi connectivity index (χ1) is 16.6. The summed E-state index contributed by atoms with van der Waals surface area (Å²) >= 11 is 0. The van der Waals surface area contributed by atoms with Gasteiger partial charge in [0.25, 0.3) is 12.2 Å². The maximum absolute atomic E-state index is 12.3. The van der Waals surface area contributed by atoms with E-state index < -0.39 is 36.1 Å².